The number of sulfone groups is 1. The van der Waals surface area contributed by atoms with Crippen molar-refractivity contribution in [3.8, 4) is 17.3 Å². The van der Waals surface area contributed by atoms with Crippen molar-refractivity contribution in [2.24, 2.45) is 7.05 Å². The van der Waals surface area contributed by atoms with Crippen molar-refractivity contribution < 1.29 is 68.5 Å². The van der Waals surface area contributed by atoms with Crippen LogP contribution in [0, 0.1) is 19.7 Å². The van der Waals surface area contributed by atoms with E-state index < -0.39 is 73.1 Å². The van der Waals surface area contributed by atoms with E-state index in [-0.39, 0.29) is 69.6 Å². The zero-order valence-electron chi connectivity index (χ0n) is 40.1. The highest BCUT2D eigenvalue weighted by molar-refractivity contribution is 7.90. The SMILES string of the molecule is CCCCCC(C)OC(=O)COc1ccc(Cl)c2cccnc12.CCOC(=O)C(Cl)Cc1cc(-n2nc(C)n(C(F)F)c2=O)c(F)cc1Cl.Cc1nn(C)c(O)c1C(=O)c1ccc(C(F)(F)F)cc1S(C)(=O)=O. The Balaban J connectivity index is 0.000000238. The van der Waals surface area contributed by atoms with Crippen LogP contribution in [0.25, 0.3) is 16.6 Å². The van der Waals surface area contributed by atoms with Gasteiger partial charge in [-0.25, -0.2) is 31.6 Å². The summed E-state index contributed by atoms with van der Waals surface area (Å²) >= 11 is 18.0. The smallest absolute Gasteiger partial charge is 0.416 e. The third-order valence-electron chi connectivity index (χ3n) is 10.4. The topological polar surface area (TPSA) is 204 Å². The fourth-order valence-electron chi connectivity index (χ4n) is 6.87. The summed E-state index contributed by atoms with van der Waals surface area (Å²) in [5, 5.41) is 17.6. The summed E-state index contributed by atoms with van der Waals surface area (Å²) in [5.41, 5.74) is -2.51. The Hall–Kier alpha value is -6.17. The van der Waals surface area contributed by atoms with Gasteiger partial charge in [0.1, 0.15) is 33.7 Å². The fraction of sp³-hybridized carbons (Fsp3) is 0.383. The maximum absolute atomic E-state index is 14.2. The lowest BCUT2D eigenvalue weighted by Gasteiger charge is -2.14. The summed E-state index contributed by atoms with van der Waals surface area (Å²) in [6, 6.07) is 11.0. The lowest BCUT2D eigenvalue weighted by molar-refractivity contribution is -0.151. The first-order chi connectivity index (χ1) is 34.1. The number of hydrogen-bond acceptors (Lipinski definition) is 13. The second-order valence-electron chi connectivity index (χ2n) is 16.0. The number of aromatic nitrogens is 6. The number of aryl methyl sites for hydroxylation is 3. The number of benzene rings is 3. The van der Waals surface area contributed by atoms with Crippen LogP contribution in [-0.2, 0) is 48.5 Å². The molecule has 3 aromatic carbocycles. The lowest BCUT2D eigenvalue weighted by Crippen LogP contribution is -2.25. The van der Waals surface area contributed by atoms with Crippen LogP contribution in [0.5, 0.6) is 11.6 Å². The molecule has 396 valence electrons. The van der Waals surface area contributed by atoms with Crippen LogP contribution in [-0.4, -0.2) is 91.3 Å². The summed E-state index contributed by atoms with van der Waals surface area (Å²) in [7, 11) is -2.75. The molecule has 2 unspecified atom stereocenters. The van der Waals surface area contributed by atoms with Gasteiger partial charge in [0.05, 0.1) is 33.9 Å². The van der Waals surface area contributed by atoms with Crippen LogP contribution >= 0.6 is 34.8 Å². The second-order valence-corrected chi connectivity index (χ2v) is 19.3. The van der Waals surface area contributed by atoms with Gasteiger partial charge in [0.15, 0.2) is 22.3 Å². The van der Waals surface area contributed by atoms with Crippen molar-refractivity contribution in [2.45, 2.75) is 95.8 Å². The highest BCUT2D eigenvalue weighted by atomic mass is 35.5. The van der Waals surface area contributed by atoms with Gasteiger partial charge in [-0.05, 0) is 101 Å². The second kappa shape index (κ2) is 25.7. The average Bonchev–Trinajstić information content (AvgIpc) is 3.76. The number of aromatic hydroxyl groups is 1. The molecule has 0 aliphatic rings. The molecule has 1 N–H and O–H groups in total. The Kier molecular flexibility index (Phi) is 20.9. The average molecular weight is 1110 g/mol. The third kappa shape index (κ3) is 15.4. The fourth-order valence-corrected chi connectivity index (χ4v) is 8.44. The first-order valence-electron chi connectivity index (χ1n) is 21.9. The Bertz CT molecular complexity index is 3130. The summed E-state index contributed by atoms with van der Waals surface area (Å²) in [6.45, 7) is 5.14. The molecule has 6 aromatic rings. The van der Waals surface area contributed by atoms with E-state index in [4.69, 9.17) is 49.0 Å². The molecule has 0 aliphatic carbocycles. The molecule has 0 saturated heterocycles. The predicted molar refractivity (Wildman–Crippen MR) is 258 cm³/mol. The number of nitrogens with zero attached hydrogens (tertiary/aromatic N) is 6. The molecular formula is C47H49Cl3F6N6O10S. The molecular weight excluding hydrogens is 1060 g/mol. The Morgan fingerprint density at radius 3 is 2.22 bits per heavy atom. The van der Waals surface area contributed by atoms with E-state index in [0.29, 0.717) is 39.4 Å². The van der Waals surface area contributed by atoms with Crippen molar-refractivity contribution in [3.63, 3.8) is 0 Å². The number of rotatable bonds is 17. The van der Waals surface area contributed by atoms with Gasteiger partial charge >= 0.3 is 30.4 Å². The number of ether oxygens (including phenoxy) is 3. The molecule has 3 aromatic heterocycles. The van der Waals surface area contributed by atoms with Crippen LogP contribution in [0.3, 0.4) is 0 Å². The third-order valence-corrected chi connectivity index (χ3v) is 12.6. The van der Waals surface area contributed by atoms with Crippen LogP contribution in [0.1, 0.15) is 91.6 Å². The van der Waals surface area contributed by atoms with Crippen LogP contribution in [0.2, 0.25) is 10.0 Å². The van der Waals surface area contributed by atoms with E-state index >= 15 is 0 Å². The number of carbonyl (C=O) groups excluding carboxylic acids is 3. The van der Waals surface area contributed by atoms with E-state index in [1.165, 1.54) is 20.9 Å². The zero-order chi connectivity index (χ0) is 54.7. The van der Waals surface area contributed by atoms with Crippen molar-refractivity contribution in [1.82, 2.24) is 29.1 Å². The van der Waals surface area contributed by atoms with Gasteiger partial charge in [-0.15, -0.1) is 16.7 Å². The first kappa shape index (κ1) is 59.4. The largest absolute Gasteiger partial charge is 0.493 e. The monoisotopic (exact) mass is 1110 g/mol. The summed E-state index contributed by atoms with van der Waals surface area (Å²) in [4.78, 5) is 51.7. The van der Waals surface area contributed by atoms with Crippen molar-refractivity contribution in [3.05, 3.63) is 121 Å². The molecule has 0 amide bonds. The van der Waals surface area contributed by atoms with Gasteiger partial charge in [0, 0.05) is 41.9 Å². The molecule has 3 heterocycles. The molecule has 0 bridgehead atoms. The molecule has 0 fully saturated rings. The lowest BCUT2D eigenvalue weighted by atomic mass is 10.0. The van der Waals surface area contributed by atoms with Gasteiger partial charge in [-0.2, -0.15) is 31.7 Å². The molecule has 0 saturated carbocycles. The highest BCUT2D eigenvalue weighted by Gasteiger charge is 2.34. The Morgan fingerprint density at radius 1 is 0.959 bits per heavy atom. The number of fused-ring (bicyclic) bond motifs is 1. The quantitative estimate of drug-likeness (QED) is 0.0297. The molecule has 0 aliphatic heterocycles. The van der Waals surface area contributed by atoms with Gasteiger partial charge < -0.3 is 19.3 Å². The molecule has 6 rings (SSSR count). The number of pyridine rings is 1. The van der Waals surface area contributed by atoms with E-state index in [0.717, 1.165) is 54.0 Å². The van der Waals surface area contributed by atoms with Crippen molar-refractivity contribution in [1.29, 1.82) is 0 Å². The van der Waals surface area contributed by atoms with Gasteiger partial charge in [-0.1, -0.05) is 43.0 Å². The van der Waals surface area contributed by atoms with Crippen LogP contribution in [0.4, 0.5) is 26.3 Å². The normalized spacial score (nSPS) is 12.3. The van der Waals surface area contributed by atoms with E-state index in [1.807, 2.05) is 19.1 Å². The predicted octanol–water partition coefficient (Wildman–Crippen LogP) is 10.1. The van der Waals surface area contributed by atoms with Crippen molar-refractivity contribution in [2.75, 3.05) is 19.5 Å². The number of halogens is 9. The minimum atomic E-state index is -4.76. The number of esters is 2. The minimum absolute atomic E-state index is 0.0424. The Labute approximate surface area is 429 Å². The van der Waals surface area contributed by atoms with Gasteiger partial charge in [0.25, 0.3) is 0 Å². The standard InChI is InChI=1S/C18H22ClNO3.C15H14Cl2F3N3O3.C14H13F3N2O4S/c1-3-4-5-7-13(2)23-17(21)12-22-16-10-9-15(19)14-8-6-11-20-18(14)16;1-3-26-13(24)10(17)4-8-5-12(11(18)6-9(8)16)23-15(25)22(14(19)20)7(2)21-23;1-7-11(13(21)19(2)18-7)12(20)9-5-4-8(14(15,16)17)6-10(9)24(3,22)23/h6,8-11,13H,3-5,7,12H2,1-2H3;5-6,10,14H,3-4H2,1-2H3;4-6,21H,1-3H3. The number of hydrogen-bond donors (Lipinski definition) is 1. The molecule has 2 atom stereocenters. The maximum Gasteiger partial charge on any atom is 0.416 e. The highest BCUT2D eigenvalue weighted by Crippen LogP contribution is 2.34. The van der Waals surface area contributed by atoms with Gasteiger partial charge in [-0.3, -0.25) is 14.6 Å². The Morgan fingerprint density at radius 2 is 1.64 bits per heavy atom. The molecule has 26 heteroatoms. The number of carbonyl (C=O) groups is 3. The van der Waals surface area contributed by atoms with E-state index in [9.17, 15) is 59.0 Å². The molecule has 0 radical (unpaired) electrons. The molecule has 16 nitrogen and oxygen atoms in total. The van der Waals surface area contributed by atoms with Crippen LogP contribution in [0.15, 0.2) is 70.5 Å². The minimum Gasteiger partial charge on any atom is -0.493 e. The molecule has 0 spiro atoms. The van der Waals surface area contributed by atoms with E-state index in [2.05, 4.69) is 22.1 Å². The van der Waals surface area contributed by atoms with Crippen LogP contribution < -0.4 is 10.4 Å². The summed E-state index contributed by atoms with van der Waals surface area (Å²) in [6.07, 6.45) is 1.67. The number of alkyl halides is 6. The van der Waals surface area contributed by atoms with Gasteiger partial charge in [0.2, 0.25) is 11.7 Å². The number of ketones is 1. The van der Waals surface area contributed by atoms with Crippen molar-refractivity contribution >= 4 is 73.3 Å². The molecule has 73 heavy (non-hydrogen) atoms. The first-order valence-corrected chi connectivity index (χ1v) is 25.0. The van der Waals surface area contributed by atoms with E-state index in [1.54, 1.807) is 25.3 Å². The number of unbranched alkanes of at least 4 members (excludes halogenated alkanes) is 2. The summed E-state index contributed by atoms with van der Waals surface area (Å²) < 4.78 is 120. The summed E-state index contributed by atoms with van der Waals surface area (Å²) in [5.74, 6) is -3.19. The zero-order valence-corrected chi connectivity index (χ0v) is 43.2. The maximum atomic E-state index is 14.2.